The first-order valence-electron chi connectivity index (χ1n) is 8.30. The van der Waals surface area contributed by atoms with Crippen molar-refractivity contribution in [1.82, 2.24) is 9.62 Å². The number of hydrogen-bond acceptors (Lipinski definition) is 7. The Labute approximate surface area is 153 Å². The van der Waals surface area contributed by atoms with Gasteiger partial charge in [-0.15, -0.1) is 0 Å². The fraction of sp³-hybridized carbons (Fsp3) is 0.529. The molecule has 0 amide bonds. The van der Waals surface area contributed by atoms with Crippen LogP contribution in [0.25, 0.3) is 0 Å². The van der Waals surface area contributed by atoms with Crippen LogP contribution in [0.5, 0.6) is 0 Å². The van der Waals surface area contributed by atoms with Crippen LogP contribution in [-0.4, -0.2) is 65.6 Å². The molecule has 2 rings (SSSR count). The second-order valence-electron chi connectivity index (χ2n) is 6.13. The van der Waals surface area contributed by atoms with E-state index >= 15 is 0 Å². The molecular weight excluding hydrogens is 360 g/mol. The average molecular weight is 384 g/mol. The number of nitrogens with zero attached hydrogens (tertiary/aromatic N) is 1. The van der Waals surface area contributed by atoms with Crippen molar-refractivity contribution in [3.05, 3.63) is 29.3 Å². The van der Waals surface area contributed by atoms with E-state index < -0.39 is 22.0 Å². The molecule has 0 aromatic heterocycles. The van der Waals surface area contributed by atoms with Gasteiger partial charge in [0.25, 0.3) is 0 Å². The SMILES string of the molecule is CNCC1CCN(S(=O)(=O)c2cc(C(=O)OC)cc(C(=O)OC)c2)CC1. The average Bonchev–Trinajstić information content (AvgIpc) is 2.67. The summed E-state index contributed by atoms with van der Waals surface area (Å²) in [5, 5.41) is 3.10. The van der Waals surface area contributed by atoms with E-state index in [-0.39, 0.29) is 16.0 Å². The van der Waals surface area contributed by atoms with Crippen molar-refractivity contribution in [2.75, 3.05) is 40.9 Å². The number of ether oxygens (including phenoxy) is 2. The molecule has 1 aromatic carbocycles. The molecule has 1 aliphatic rings. The number of methoxy groups -OCH3 is 2. The van der Waals surface area contributed by atoms with Gasteiger partial charge in [-0.05, 0) is 50.6 Å². The lowest BCUT2D eigenvalue weighted by atomic mass is 9.98. The first kappa shape index (κ1) is 20.3. The Bertz CT molecular complexity index is 735. The molecule has 0 radical (unpaired) electrons. The maximum atomic E-state index is 13.0. The van der Waals surface area contributed by atoms with E-state index in [0.29, 0.717) is 19.0 Å². The van der Waals surface area contributed by atoms with Crippen LogP contribution in [0.3, 0.4) is 0 Å². The molecular formula is C17H24N2O6S. The molecule has 9 heteroatoms. The lowest BCUT2D eigenvalue weighted by Crippen LogP contribution is -2.40. The van der Waals surface area contributed by atoms with Gasteiger partial charge in [0.1, 0.15) is 0 Å². The zero-order valence-electron chi connectivity index (χ0n) is 15.1. The summed E-state index contributed by atoms with van der Waals surface area (Å²) in [5.41, 5.74) is -0.0295. The summed E-state index contributed by atoms with van der Waals surface area (Å²) in [7, 11) is 0.416. The van der Waals surface area contributed by atoms with E-state index in [9.17, 15) is 18.0 Å². The molecule has 0 atom stereocenters. The Morgan fingerprint density at radius 2 is 1.58 bits per heavy atom. The van der Waals surface area contributed by atoms with Crippen LogP contribution in [0.4, 0.5) is 0 Å². The number of piperidine rings is 1. The Morgan fingerprint density at radius 1 is 1.08 bits per heavy atom. The van der Waals surface area contributed by atoms with Gasteiger partial charge in [-0.1, -0.05) is 0 Å². The van der Waals surface area contributed by atoms with Crippen molar-refractivity contribution < 1.29 is 27.5 Å². The third-order valence-corrected chi connectivity index (χ3v) is 6.33. The molecule has 26 heavy (non-hydrogen) atoms. The zero-order valence-corrected chi connectivity index (χ0v) is 16.0. The number of carbonyl (C=O) groups excluding carboxylic acids is 2. The minimum atomic E-state index is -3.83. The lowest BCUT2D eigenvalue weighted by Gasteiger charge is -2.31. The molecule has 1 saturated heterocycles. The zero-order chi connectivity index (χ0) is 19.3. The van der Waals surface area contributed by atoms with Gasteiger partial charge in [0.2, 0.25) is 10.0 Å². The van der Waals surface area contributed by atoms with E-state index in [2.05, 4.69) is 14.8 Å². The van der Waals surface area contributed by atoms with Crippen molar-refractivity contribution in [1.29, 1.82) is 0 Å². The highest BCUT2D eigenvalue weighted by molar-refractivity contribution is 7.89. The van der Waals surface area contributed by atoms with Crippen molar-refractivity contribution in [3.8, 4) is 0 Å². The monoisotopic (exact) mass is 384 g/mol. The van der Waals surface area contributed by atoms with Crippen LogP contribution >= 0.6 is 0 Å². The molecule has 1 heterocycles. The predicted octanol–water partition coefficient (Wildman–Crippen LogP) is 0.880. The number of esters is 2. The molecule has 0 bridgehead atoms. The Kier molecular flexibility index (Phi) is 6.74. The molecule has 8 nitrogen and oxygen atoms in total. The van der Waals surface area contributed by atoms with E-state index in [1.165, 1.54) is 36.7 Å². The number of hydrogen-bond donors (Lipinski definition) is 1. The molecule has 0 spiro atoms. The maximum absolute atomic E-state index is 13.0. The second kappa shape index (κ2) is 8.61. The summed E-state index contributed by atoms with van der Waals surface area (Å²) in [6.07, 6.45) is 1.50. The Balaban J connectivity index is 2.36. The first-order chi connectivity index (χ1) is 12.3. The van der Waals surface area contributed by atoms with Crippen LogP contribution < -0.4 is 5.32 Å². The van der Waals surface area contributed by atoms with Crippen LogP contribution in [-0.2, 0) is 19.5 Å². The fourth-order valence-electron chi connectivity index (χ4n) is 3.01. The molecule has 1 N–H and O–H groups in total. The van der Waals surface area contributed by atoms with Crippen molar-refractivity contribution in [2.45, 2.75) is 17.7 Å². The molecule has 144 valence electrons. The van der Waals surface area contributed by atoms with Crippen molar-refractivity contribution >= 4 is 22.0 Å². The summed E-state index contributed by atoms with van der Waals surface area (Å²) < 4.78 is 36.7. The molecule has 1 aromatic rings. The van der Waals surface area contributed by atoms with E-state index in [1.807, 2.05) is 7.05 Å². The van der Waals surface area contributed by atoms with Gasteiger partial charge in [0.15, 0.2) is 0 Å². The van der Waals surface area contributed by atoms with Crippen LogP contribution in [0, 0.1) is 5.92 Å². The quantitative estimate of drug-likeness (QED) is 0.727. The van der Waals surface area contributed by atoms with Crippen molar-refractivity contribution in [3.63, 3.8) is 0 Å². The molecule has 0 unspecified atom stereocenters. The second-order valence-corrected chi connectivity index (χ2v) is 8.07. The minimum Gasteiger partial charge on any atom is -0.465 e. The van der Waals surface area contributed by atoms with Gasteiger partial charge >= 0.3 is 11.9 Å². The third kappa shape index (κ3) is 4.40. The standard InChI is InChI=1S/C17H24N2O6S/c1-18-11-12-4-6-19(7-5-12)26(22,23)15-9-13(16(20)24-2)8-14(10-15)17(21)25-3/h8-10,12,18H,4-7,11H2,1-3H3. The highest BCUT2D eigenvalue weighted by Crippen LogP contribution is 2.25. The molecule has 1 fully saturated rings. The van der Waals surface area contributed by atoms with Crippen LogP contribution in [0.15, 0.2) is 23.1 Å². The largest absolute Gasteiger partial charge is 0.465 e. The molecule has 1 aliphatic heterocycles. The van der Waals surface area contributed by atoms with Crippen LogP contribution in [0.1, 0.15) is 33.6 Å². The molecule has 0 aliphatic carbocycles. The Hall–Kier alpha value is -1.97. The Morgan fingerprint density at radius 3 is 2.00 bits per heavy atom. The van der Waals surface area contributed by atoms with Gasteiger partial charge in [-0.25, -0.2) is 18.0 Å². The van der Waals surface area contributed by atoms with Crippen molar-refractivity contribution in [2.24, 2.45) is 5.92 Å². The number of benzene rings is 1. The minimum absolute atomic E-state index is 0.0148. The highest BCUT2D eigenvalue weighted by Gasteiger charge is 2.30. The normalized spacial score (nSPS) is 16.3. The summed E-state index contributed by atoms with van der Waals surface area (Å²) in [5.74, 6) is -1.02. The summed E-state index contributed by atoms with van der Waals surface area (Å²) in [4.78, 5) is 23.6. The topological polar surface area (TPSA) is 102 Å². The number of rotatable bonds is 6. The highest BCUT2D eigenvalue weighted by atomic mass is 32.2. The summed E-state index contributed by atoms with van der Waals surface area (Å²) in [6, 6.07) is 3.72. The summed E-state index contributed by atoms with van der Waals surface area (Å²) in [6.45, 7) is 1.63. The lowest BCUT2D eigenvalue weighted by molar-refractivity contribution is 0.0598. The fourth-order valence-corrected chi connectivity index (χ4v) is 4.55. The predicted molar refractivity (Wildman–Crippen MR) is 94.5 cm³/mol. The van der Waals surface area contributed by atoms with Gasteiger partial charge < -0.3 is 14.8 Å². The van der Waals surface area contributed by atoms with Gasteiger partial charge in [0, 0.05) is 13.1 Å². The number of sulfonamides is 1. The van der Waals surface area contributed by atoms with E-state index in [1.54, 1.807) is 0 Å². The van der Waals surface area contributed by atoms with Gasteiger partial charge in [0.05, 0.1) is 30.2 Å². The smallest absolute Gasteiger partial charge is 0.337 e. The van der Waals surface area contributed by atoms with Gasteiger partial charge in [-0.3, -0.25) is 0 Å². The van der Waals surface area contributed by atoms with Gasteiger partial charge in [-0.2, -0.15) is 4.31 Å². The van der Waals surface area contributed by atoms with E-state index in [0.717, 1.165) is 19.4 Å². The number of carbonyl (C=O) groups is 2. The summed E-state index contributed by atoms with van der Waals surface area (Å²) >= 11 is 0. The van der Waals surface area contributed by atoms with E-state index in [4.69, 9.17) is 0 Å². The van der Waals surface area contributed by atoms with Crippen LogP contribution in [0.2, 0.25) is 0 Å². The first-order valence-corrected chi connectivity index (χ1v) is 9.74. The number of nitrogens with one attached hydrogen (secondary N) is 1. The molecule has 0 saturated carbocycles. The third-order valence-electron chi connectivity index (χ3n) is 4.45. The maximum Gasteiger partial charge on any atom is 0.337 e.